The average Bonchev–Trinajstić information content (AvgIpc) is 2.50. The molecule has 2 unspecified atom stereocenters. The lowest BCUT2D eigenvalue weighted by molar-refractivity contribution is -0.122. The second-order valence-electron chi connectivity index (χ2n) is 5.98. The third-order valence-electron chi connectivity index (χ3n) is 4.09. The largest absolute Gasteiger partial charge is 0.352 e. The van der Waals surface area contributed by atoms with Crippen LogP contribution in [0.15, 0.2) is 33.8 Å². The van der Waals surface area contributed by atoms with Crippen molar-refractivity contribution in [2.24, 2.45) is 0 Å². The second-order valence-corrected chi connectivity index (χ2v) is 6.90. The Morgan fingerprint density at radius 2 is 2.35 bits per heavy atom. The molecule has 6 nitrogen and oxygen atoms in total. The van der Waals surface area contributed by atoms with Gasteiger partial charge in [0.15, 0.2) is 0 Å². The van der Waals surface area contributed by atoms with Crippen molar-refractivity contribution in [1.82, 2.24) is 20.2 Å². The average molecular weight is 379 g/mol. The molecule has 1 aromatic heterocycles. The normalized spacial score (nSPS) is 21.3. The van der Waals surface area contributed by atoms with Gasteiger partial charge in [-0.25, -0.2) is 4.98 Å². The molecule has 0 spiro atoms. The van der Waals surface area contributed by atoms with Crippen LogP contribution in [-0.2, 0) is 11.3 Å². The van der Waals surface area contributed by atoms with Crippen LogP contribution in [0, 0.1) is 0 Å². The number of amides is 1. The monoisotopic (exact) mass is 378 g/mol. The maximum Gasteiger partial charge on any atom is 0.261 e. The van der Waals surface area contributed by atoms with E-state index in [2.05, 4.69) is 38.5 Å². The highest BCUT2D eigenvalue weighted by Crippen LogP contribution is 2.14. The lowest BCUT2D eigenvalue weighted by Crippen LogP contribution is -2.47. The number of hydrogen-bond donors (Lipinski definition) is 2. The van der Waals surface area contributed by atoms with Crippen LogP contribution in [0.1, 0.15) is 19.8 Å². The zero-order chi connectivity index (χ0) is 16.4. The van der Waals surface area contributed by atoms with Gasteiger partial charge in [0.1, 0.15) is 6.54 Å². The summed E-state index contributed by atoms with van der Waals surface area (Å²) in [5.41, 5.74) is 0.423. The number of aromatic nitrogens is 2. The molecule has 2 aromatic rings. The Bertz CT molecular complexity index is 789. The SMILES string of the molecule is CC1CC(NC(=O)Cn2cnc3ccc(Br)cc3c2=O)CCN1. The van der Waals surface area contributed by atoms with Gasteiger partial charge in [-0.05, 0) is 44.5 Å². The molecule has 3 rings (SSSR count). The molecule has 1 fully saturated rings. The van der Waals surface area contributed by atoms with Gasteiger partial charge in [-0.1, -0.05) is 15.9 Å². The third-order valence-corrected chi connectivity index (χ3v) is 4.58. The van der Waals surface area contributed by atoms with E-state index in [1.165, 1.54) is 10.9 Å². The van der Waals surface area contributed by atoms with Crippen molar-refractivity contribution in [3.63, 3.8) is 0 Å². The summed E-state index contributed by atoms with van der Waals surface area (Å²) in [6.45, 7) is 3.00. The fourth-order valence-corrected chi connectivity index (χ4v) is 3.30. The van der Waals surface area contributed by atoms with E-state index in [4.69, 9.17) is 0 Å². The predicted molar refractivity (Wildman–Crippen MR) is 92.3 cm³/mol. The molecule has 2 N–H and O–H groups in total. The van der Waals surface area contributed by atoms with E-state index in [-0.39, 0.29) is 24.1 Å². The minimum atomic E-state index is -0.204. The summed E-state index contributed by atoms with van der Waals surface area (Å²) in [5, 5.41) is 6.86. The predicted octanol–water partition coefficient (Wildman–Crippen LogP) is 1.42. The Balaban J connectivity index is 1.74. The van der Waals surface area contributed by atoms with Crippen LogP contribution in [0.5, 0.6) is 0 Å². The maximum atomic E-state index is 12.5. The second kappa shape index (κ2) is 6.80. The highest BCUT2D eigenvalue weighted by Gasteiger charge is 2.20. The van der Waals surface area contributed by atoms with Crippen LogP contribution >= 0.6 is 15.9 Å². The molecule has 122 valence electrons. The molecule has 0 bridgehead atoms. The number of piperidine rings is 1. The summed E-state index contributed by atoms with van der Waals surface area (Å²) in [5.74, 6) is -0.151. The Kier molecular flexibility index (Phi) is 4.77. The number of halogens is 1. The number of nitrogens with one attached hydrogen (secondary N) is 2. The number of carbonyl (C=O) groups is 1. The first kappa shape index (κ1) is 16.1. The third kappa shape index (κ3) is 3.79. The van der Waals surface area contributed by atoms with Gasteiger partial charge < -0.3 is 10.6 Å². The number of carbonyl (C=O) groups excluding carboxylic acids is 1. The molecule has 1 aliphatic rings. The van der Waals surface area contributed by atoms with Crippen molar-refractivity contribution >= 4 is 32.7 Å². The number of rotatable bonds is 3. The van der Waals surface area contributed by atoms with Crippen molar-refractivity contribution in [2.45, 2.75) is 38.4 Å². The van der Waals surface area contributed by atoms with Crippen molar-refractivity contribution in [3.8, 4) is 0 Å². The van der Waals surface area contributed by atoms with Crippen LogP contribution in [0.25, 0.3) is 10.9 Å². The van der Waals surface area contributed by atoms with Gasteiger partial charge in [-0.2, -0.15) is 0 Å². The van der Waals surface area contributed by atoms with E-state index in [1.807, 2.05) is 6.07 Å². The molecule has 0 aliphatic carbocycles. The van der Waals surface area contributed by atoms with E-state index in [0.717, 1.165) is 23.9 Å². The standard InChI is InChI=1S/C16H19BrN4O2/c1-10-6-12(4-5-18-10)20-15(22)8-21-9-19-14-3-2-11(17)7-13(14)16(21)23/h2-3,7,9-10,12,18H,4-6,8H2,1H3,(H,20,22). The molecule has 0 radical (unpaired) electrons. The van der Waals surface area contributed by atoms with E-state index < -0.39 is 0 Å². The minimum Gasteiger partial charge on any atom is -0.352 e. The van der Waals surface area contributed by atoms with Gasteiger partial charge in [0.05, 0.1) is 17.2 Å². The molecule has 2 atom stereocenters. The number of hydrogen-bond acceptors (Lipinski definition) is 4. The molecule has 1 aromatic carbocycles. The van der Waals surface area contributed by atoms with Crippen LogP contribution in [0.3, 0.4) is 0 Å². The Morgan fingerprint density at radius 1 is 1.52 bits per heavy atom. The Hall–Kier alpha value is -1.73. The quantitative estimate of drug-likeness (QED) is 0.846. The Morgan fingerprint density at radius 3 is 3.13 bits per heavy atom. The van der Waals surface area contributed by atoms with E-state index in [0.29, 0.717) is 16.9 Å². The molecule has 23 heavy (non-hydrogen) atoms. The molecular weight excluding hydrogens is 360 g/mol. The first-order valence-corrected chi connectivity index (χ1v) is 8.49. The number of benzene rings is 1. The van der Waals surface area contributed by atoms with Crippen molar-refractivity contribution < 1.29 is 4.79 Å². The summed E-state index contributed by atoms with van der Waals surface area (Å²) in [6.07, 6.45) is 3.25. The van der Waals surface area contributed by atoms with Crippen molar-refractivity contribution in [3.05, 3.63) is 39.4 Å². The summed E-state index contributed by atoms with van der Waals surface area (Å²) in [6, 6.07) is 5.91. The van der Waals surface area contributed by atoms with Crippen LogP contribution in [-0.4, -0.2) is 34.1 Å². The smallest absolute Gasteiger partial charge is 0.261 e. The molecule has 1 saturated heterocycles. The lowest BCUT2D eigenvalue weighted by atomic mass is 10.0. The summed E-state index contributed by atoms with van der Waals surface area (Å²) < 4.78 is 2.17. The van der Waals surface area contributed by atoms with Crippen LogP contribution < -0.4 is 16.2 Å². The molecule has 2 heterocycles. The summed E-state index contributed by atoms with van der Waals surface area (Å²) >= 11 is 3.35. The van der Waals surface area contributed by atoms with E-state index >= 15 is 0 Å². The van der Waals surface area contributed by atoms with Crippen LogP contribution in [0.2, 0.25) is 0 Å². The molecule has 1 amide bonds. The van der Waals surface area contributed by atoms with Crippen molar-refractivity contribution in [1.29, 1.82) is 0 Å². The number of fused-ring (bicyclic) bond motifs is 1. The van der Waals surface area contributed by atoms with E-state index in [1.54, 1.807) is 12.1 Å². The number of nitrogens with zero attached hydrogens (tertiary/aromatic N) is 2. The first-order chi connectivity index (χ1) is 11.0. The minimum absolute atomic E-state index is 0.00735. The molecule has 0 saturated carbocycles. The molecule has 1 aliphatic heterocycles. The zero-order valence-electron chi connectivity index (χ0n) is 12.9. The topological polar surface area (TPSA) is 76.0 Å². The first-order valence-electron chi connectivity index (χ1n) is 7.70. The van der Waals surface area contributed by atoms with Gasteiger partial charge in [0, 0.05) is 16.6 Å². The lowest BCUT2D eigenvalue weighted by Gasteiger charge is -2.28. The fourth-order valence-electron chi connectivity index (χ4n) is 2.93. The van der Waals surface area contributed by atoms with Gasteiger partial charge in [-0.15, -0.1) is 0 Å². The zero-order valence-corrected chi connectivity index (χ0v) is 14.5. The van der Waals surface area contributed by atoms with Gasteiger partial charge in [0.2, 0.25) is 5.91 Å². The Labute approximate surface area is 142 Å². The van der Waals surface area contributed by atoms with Gasteiger partial charge in [0.25, 0.3) is 5.56 Å². The maximum absolute atomic E-state index is 12.5. The molecule has 7 heteroatoms. The molecular formula is C16H19BrN4O2. The highest BCUT2D eigenvalue weighted by molar-refractivity contribution is 9.10. The van der Waals surface area contributed by atoms with Crippen LogP contribution in [0.4, 0.5) is 0 Å². The van der Waals surface area contributed by atoms with Gasteiger partial charge >= 0.3 is 0 Å². The van der Waals surface area contributed by atoms with Crippen molar-refractivity contribution in [2.75, 3.05) is 6.54 Å². The van der Waals surface area contributed by atoms with Gasteiger partial charge in [-0.3, -0.25) is 14.2 Å². The van der Waals surface area contributed by atoms with E-state index in [9.17, 15) is 9.59 Å². The summed E-state index contributed by atoms with van der Waals surface area (Å²) in [4.78, 5) is 28.9. The highest BCUT2D eigenvalue weighted by atomic mass is 79.9. The summed E-state index contributed by atoms with van der Waals surface area (Å²) in [7, 11) is 0. The fraction of sp³-hybridized carbons (Fsp3) is 0.438.